The summed E-state index contributed by atoms with van der Waals surface area (Å²) < 4.78 is 1.30. The van der Waals surface area contributed by atoms with Crippen LogP contribution in [0.15, 0.2) is 12.4 Å². The summed E-state index contributed by atoms with van der Waals surface area (Å²) in [4.78, 5) is 6.46. The van der Waals surface area contributed by atoms with Gasteiger partial charge in [0, 0.05) is 29.1 Å². The molecule has 0 aromatic carbocycles. The summed E-state index contributed by atoms with van der Waals surface area (Å²) in [6, 6.07) is 0. The number of hydrogen-bond donors (Lipinski definition) is 0. The van der Waals surface area contributed by atoms with E-state index in [2.05, 4.69) is 39.5 Å². The van der Waals surface area contributed by atoms with Gasteiger partial charge in [-0.05, 0) is 40.8 Å². The van der Waals surface area contributed by atoms with Gasteiger partial charge < -0.3 is 0 Å². The third-order valence-corrected chi connectivity index (χ3v) is 2.89. The largest absolute Gasteiger partial charge is 0.298 e. The van der Waals surface area contributed by atoms with E-state index < -0.39 is 0 Å². The van der Waals surface area contributed by atoms with Crippen molar-refractivity contribution in [1.82, 2.24) is 9.88 Å². The molecule has 1 aliphatic rings. The summed E-state index contributed by atoms with van der Waals surface area (Å²) in [5.41, 5.74) is 2.85. The summed E-state index contributed by atoms with van der Waals surface area (Å²) in [6.45, 7) is 2.13. The van der Waals surface area contributed by atoms with Crippen molar-refractivity contribution < 1.29 is 0 Å². The van der Waals surface area contributed by atoms with Crippen LogP contribution < -0.4 is 0 Å². The molecule has 0 amide bonds. The van der Waals surface area contributed by atoms with Crippen molar-refractivity contribution >= 4 is 22.6 Å². The smallest absolute Gasteiger partial charge is 0.0405 e. The third kappa shape index (κ3) is 1.27. The van der Waals surface area contributed by atoms with Crippen LogP contribution in [0.1, 0.15) is 11.1 Å². The maximum absolute atomic E-state index is 4.16. The van der Waals surface area contributed by atoms with Gasteiger partial charge in [-0.2, -0.15) is 0 Å². The Balaban J connectivity index is 2.49. The van der Waals surface area contributed by atoms with Crippen LogP contribution >= 0.6 is 22.6 Å². The molecule has 1 aliphatic heterocycles. The van der Waals surface area contributed by atoms with Crippen LogP contribution in [-0.2, 0) is 13.1 Å². The molecule has 0 N–H and O–H groups in total. The Bertz CT molecular complexity index is 285. The Kier molecular flexibility index (Phi) is 1.85. The highest BCUT2D eigenvalue weighted by atomic mass is 127. The zero-order valence-corrected chi connectivity index (χ0v) is 8.50. The molecule has 0 spiro atoms. The highest BCUT2D eigenvalue weighted by Crippen LogP contribution is 2.24. The van der Waals surface area contributed by atoms with Crippen LogP contribution in [-0.4, -0.2) is 16.9 Å². The Morgan fingerprint density at radius 3 is 3.00 bits per heavy atom. The average Bonchev–Trinajstić information content (AvgIpc) is 2.31. The molecule has 0 saturated carbocycles. The van der Waals surface area contributed by atoms with Crippen molar-refractivity contribution in [3.05, 3.63) is 27.1 Å². The minimum atomic E-state index is 1.05. The predicted octanol–water partition coefficient (Wildman–Crippen LogP) is 1.63. The van der Waals surface area contributed by atoms with Crippen molar-refractivity contribution in [2.75, 3.05) is 7.05 Å². The van der Waals surface area contributed by atoms with Crippen LogP contribution in [0.3, 0.4) is 0 Å². The lowest BCUT2D eigenvalue weighted by Gasteiger charge is -2.02. The first-order chi connectivity index (χ1) is 5.27. The number of rotatable bonds is 0. The number of pyridine rings is 1. The summed E-state index contributed by atoms with van der Waals surface area (Å²) in [7, 11) is 2.13. The molecular weight excluding hydrogens is 251 g/mol. The van der Waals surface area contributed by atoms with E-state index in [9.17, 15) is 0 Å². The highest BCUT2D eigenvalue weighted by molar-refractivity contribution is 14.1. The van der Waals surface area contributed by atoms with E-state index in [-0.39, 0.29) is 0 Å². The van der Waals surface area contributed by atoms with E-state index in [1.54, 1.807) is 0 Å². The summed E-state index contributed by atoms with van der Waals surface area (Å²) in [5, 5.41) is 0. The van der Waals surface area contributed by atoms with E-state index in [4.69, 9.17) is 0 Å². The molecule has 2 heterocycles. The lowest BCUT2D eigenvalue weighted by atomic mass is 10.2. The number of nitrogens with zero attached hydrogens (tertiary/aromatic N) is 2. The molecule has 2 nitrogen and oxygen atoms in total. The Labute approximate surface area is 79.8 Å². The molecule has 0 unspecified atom stereocenters. The van der Waals surface area contributed by atoms with Gasteiger partial charge in [0.1, 0.15) is 0 Å². The minimum Gasteiger partial charge on any atom is -0.298 e. The van der Waals surface area contributed by atoms with E-state index in [1.165, 1.54) is 14.7 Å². The molecule has 1 aromatic heterocycles. The lowest BCUT2D eigenvalue weighted by Crippen LogP contribution is -2.07. The van der Waals surface area contributed by atoms with E-state index in [0.29, 0.717) is 0 Å². The standard InChI is InChI=1S/C8H9IN2/c1-11-4-6-2-10-3-8(9)7(6)5-11/h2-3H,4-5H2,1H3. The lowest BCUT2D eigenvalue weighted by molar-refractivity contribution is 0.352. The van der Waals surface area contributed by atoms with Gasteiger partial charge in [-0.3, -0.25) is 9.88 Å². The van der Waals surface area contributed by atoms with Crippen molar-refractivity contribution in [2.24, 2.45) is 0 Å². The van der Waals surface area contributed by atoms with Gasteiger partial charge in [-0.25, -0.2) is 0 Å². The second kappa shape index (κ2) is 2.71. The Hall–Kier alpha value is -0.160. The number of aromatic nitrogens is 1. The number of fused-ring (bicyclic) bond motifs is 1. The normalized spacial score (nSPS) is 16.9. The van der Waals surface area contributed by atoms with Crippen LogP contribution in [0.4, 0.5) is 0 Å². The van der Waals surface area contributed by atoms with Gasteiger partial charge >= 0.3 is 0 Å². The van der Waals surface area contributed by atoms with Gasteiger partial charge in [0.25, 0.3) is 0 Å². The van der Waals surface area contributed by atoms with Crippen molar-refractivity contribution in [1.29, 1.82) is 0 Å². The first-order valence-corrected chi connectivity index (χ1v) is 4.65. The molecule has 0 aliphatic carbocycles. The fourth-order valence-electron chi connectivity index (χ4n) is 1.43. The molecule has 3 heteroatoms. The SMILES string of the molecule is CN1Cc2cncc(I)c2C1. The summed E-state index contributed by atoms with van der Waals surface area (Å²) in [6.07, 6.45) is 3.90. The quantitative estimate of drug-likeness (QED) is 0.659. The van der Waals surface area contributed by atoms with Crippen LogP contribution in [0.2, 0.25) is 0 Å². The molecule has 1 aromatic rings. The van der Waals surface area contributed by atoms with Gasteiger partial charge in [0.05, 0.1) is 0 Å². The first-order valence-electron chi connectivity index (χ1n) is 3.57. The maximum atomic E-state index is 4.16. The Morgan fingerprint density at radius 2 is 2.27 bits per heavy atom. The van der Waals surface area contributed by atoms with E-state index in [0.717, 1.165) is 13.1 Å². The maximum Gasteiger partial charge on any atom is 0.0405 e. The second-order valence-corrected chi connectivity index (χ2v) is 4.09. The van der Waals surface area contributed by atoms with Gasteiger partial charge in [-0.1, -0.05) is 0 Å². The van der Waals surface area contributed by atoms with Crippen molar-refractivity contribution in [3.63, 3.8) is 0 Å². The molecule has 0 saturated heterocycles. The van der Waals surface area contributed by atoms with Crippen LogP contribution in [0.5, 0.6) is 0 Å². The van der Waals surface area contributed by atoms with Gasteiger partial charge in [0.2, 0.25) is 0 Å². The fourth-order valence-corrected chi connectivity index (χ4v) is 2.11. The fraction of sp³-hybridized carbons (Fsp3) is 0.375. The van der Waals surface area contributed by atoms with Gasteiger partial charge in [0.15, 0.2) is 0 Å². The number of hydrogen-bond acceptors (Lipinski definition) is 2. The highest BCUT2D eigenvalue weighted by Gasteiger charge is 2.17. The molecule has 11 heavy (non-hydrogen) atoms. The molecule has 2 rings (SSSR count). The van der Waals surface area contributed by atoms with Crippen LogP contribution in [0.25, 0.3) is 0 Å². The van der Waals surface area contributed by atoms with Gasteiger partial charge in [-0.15, -0.1) is 0 Å². The topological polar surface area (TPSA) is 16.1 Å². The van der Waals surface area contributed by atoms with E-state index in [1.807, 2.05) is 12.4 Å². The predicted molar refractivity (Wildman–Crippen MR) is 52.1 cm³/mol. The monoisotopic (exact) mass is 260 g/mol. The minimum absolute atomic E-state index is 1.05. The van der Waals surface area contributed by atoms with Crippen LogP contribution in [0, 0.1) is 3.57 Å². The average molecular weight is 260 g/mol. The first kappa shape index (κ1) is 7.49. The molecule has 0 bridgehead atoms. The van der Waals surface area contributed by atoms with Crippen molar-refractivity contribution in [2.45, 2.75) is 13.1 Å². The zero-order chi connectivity index (χ0) is 7.84. The third-order valence-electron chi connectivity index (χ3n) is 1.96. The zero-order valence-electron chi connectivity index (χ0n) is 6.34. The van der Waals surface area contributed by atoms with Crippen molar-refractivity contribution in [3.8, 4) is 0 Å². The molecule has 0 atom stereocenters. The summed E-state index contributed by atoms with van der Waals surface area (Å²) in [5.74, 6) is 0. The number of halogens is 1. The second-order valence-electron chi connectivity index (χ2n) is 2.93. The molecular formula is C8H9IN2. The summed E-state index contributed by atoms with van der Waals surface area (Å²) >= 11 is 2.35. The molecule has 0 fully saturated rings. The Morgan fingerprint density at radius 1 is 1.45 bits per heavy atom. The van der Waals surface area contributed by atoms with E-state index >= 15 is 0 Å². The molecule has 58 valence electrons. The molecule has 0 radical (unpaired) electrons.